The number of nitrogens with zero attached hydrogens (tertiary/aromatic N) is 1. The van der Waals surface area contributed by atoms with Gasteiger partial charge in [0.15, 0.2) is 6.29 Å². The average molecular weight is 191 g/mol. The Kier molecular flexibility index (Phi) is 2.82. The van der Waals surface area contributed by atoms with Crippen LogP contribution in [0.1, 0.15) is 5.56 Å². The Morgan fingerprint density at radius 3 is 2.79 bits per heavy atom. The fourth-order valence-electron chi connectivity index (χ4n) is 0.887. The van der Waals surface area contributed by atoms with Gasteiger partial charge in [-0.25, -0.2) is 0 Å². The van der Waals surface area contributed by atoms with Gasteiger partial charge >= 0.3 is 5.69 Å². The van der Waals surface area contributed by atoms with Gasteiger partial charge in [0.2, 0.25) is 5.75 Å². The van der Waals surface area contributed by atoms with Crippen LogP contribution in [0.2, 0.25) is 0 Å². The third-order valence-electron chi connectivity index (χ3n) is 1.48. The van der Waals surface area contributed by atoms with Crippen LogP contribution in [0.3, 0.4) is 0 Å². The molecule has 0 aliphatic heterocycles. The van der Waals surface area contributed by atoms with Crippen LogP contribution in [0.25, 0.3) is 0 Å². The molecule has 14 heavy (non-hydrogen) atoms. The zero-order chi connectivity index (χ0) is 10.6. The SMILES string of the molecule is O=CC#Cc1cccc([N+](=O)[O-])c1O. The van der Waals surface area contributed by atoms with Crippen molar-refractivity contribution in [2.45, 2.75) is 0 Å². The summed E-state index contributed by atoms with van der Waals surface area (Å²) >= 11 is 0. The van der Waals surface area contributed by atoms with Crippen LogP contribution >= 0.6 is 0 Å². The molecule has 1 aromatic rings. The zero-order valence-electron chi connectivity index (χ0n) is 6.93. The molecule has 0 bridgehead atoms. The second-order valence-electron chi connectivity index (χ2n) is 2.32. The fourth-order valence-corrected chi connectivity index (χ4v) is 0.887. The maximum atomic E-state index is 10.4. The monoisotopic (exact) mass is 191 g/mol. The number of nitro benzene ring substituents is 1. The van der Waals surface area contributed by atoms with Gasteiger partial charge in [-0.05, 0) is 12.0 Å². The maximum absolute atomic E-state index is 10.4. The third-order valence-corrected chi connectivity index (χ3v) is 1.48. The Hall–Kier alpha value is -2.35. The molecule has 0 heterocycles. The van der Waals surface area contributed by atoms with Crippen molar-refractivity contribution in [1.82, 2.24) is 0 Å². The van der Waals surface area contributed by atoms with Crippen molar-refractivity contribution in [3.63, 3.8) is 0 Å². The van der Waals surface area contributed by atoms with E-state index in [0.29, 0.717) is 6.29 Å². The Morgan fingerprint density at radius 2 is 2.21 bits per heavy atom. The number of phenolic OH excluding ortho intramolecular Hbond substituents is 1. The zero-order valence-corrected chi connectivity index (χ0v) is 6.93. The van der Waals surface area contributed by atoms with E-state index in [0.717, 1.165) is 6.07 Å². The number of phenols is 1. The highest BCUT2D eigenvalue weighted by Gasteiger charge is 2.14. The van der Waals surface area contributed by atoms with Crippen molar-refractivity contribution in [3.8, 4) is 17.6 Å². The van der Waals surface area contributed by atoms with Crippen LogP contribution in [0.5, 0.6) is 5.75 Å². The minimum Gasteiger partial charge on any atom is -0.501 e. The Balaban J connectivity index is 3.27. The number of aromatic hydroxyl groups is 1. The van der Waals surface area contributed by atoms with E-state index >= 15 is 0 Å². The van der Waals surface area contributed by atoms with E-state index in [1.54, 1.807) is 0 Å². The molecular weight excluding hydrogens is 186 g/mol. The smallest absolute Gasteiger partial charge is 0.312 e. The van der Waals surface area contributed by atoms with Crippen LogP contribution in [0.15, 0.2) is 18.2 Å². The molecule has 0 aromatic heterocycles. The van der Waals surface area contributed by atoms with Gasteiger partial charge in [0, 0.05) is 6.07 Å². The number of para-hydroxylation sites is 1. The topological polar surface area (TPSA) is 80.4 Å². The van der Waals surface area contributed by atoms with Gasteiger partial charge in [-0.3, -0.25) is 14.9 Å². The van der Waals surface area contributed by atoms with Crippen molar-refractivity contribution in [2.75, 3.05) is 0 Å². The van der Waals surface area contributed by atoms with Crippen molar-refractivity contribution in [3.05, 3.63) is 33.9 Å². The van der Waals surface area contributed by atoms with Crippen LogP contribution in [0, 0.1) is 22.0 Å². The van der Waals surface area contributed by atoms with Crippen molar-refractivity contribution in [1.29, 1.82) is 0 Å². The summed E-state index contributed by atoms with van der Waals surface area (Å²) in [4.78, 5) is 19.6. The fraction of sp³-hybridized carbons (Fsp3) is 0. The largest absolute Gasteiger partial charge is 0.501 e. The first-order valence-corrected chi connectivity index (χ1v) is 3.58. The molecule has 70 valence electrons. The van der Waals surface area contributed by atoms with Gasteiger partial charge in [-0.1, -0.05) is 12.0 Å². The molecule has 0 aliphatic rings. The first-order chi connectivity index (χ1) is 6.66. The third kappa shape index (κ3) is 1.87. The minimum atomic E-state index is -0.721. The van der Waals surface area contributed by atoms with E-state index in [9.17, 15) is 20.0 Å². The van der Waals surface area contributed by atoms with Crippen molar-refractivity contribution < 1.29 is 14.8 Å². The molecule has 5 heteroatoms. The number of hydrogen-bond donors (Lipinski definition) is 1. The van der Waals surface area contributed by atoms with E-state index < -0.39 is 16.4 Å². The first-order valence-electron chi connectivity index (χ1n) is 3.58. The summed E-state index contributed by atoms with van der Waals surface area (Å²) in [5, 5.41) is 19.7. The predicted molar refractivity (Wildman–Crippen MR) is 47.7 cm³/mol. The number of carbonyl (C=O) groups is 1. The van der Waals surface area contributed by atoms with Crippen LogP contribution < -0.4 is 0 Å². The lowest BCUT2D eigenvalue weighted by Crippen LogP contribution is -1.89. The van der Waals surface area contributed by atoms with Gasteiger partial charge in [-0.15, -0.1) is 0 Å². The van der Waals surface area contributed by atoms with Gasteiger partial charge in [0.05, 0.1) is 10.5 Å². The summed E-state index contributed by atoms with van der Waals surface area (Å²) in [5.41, 5.74) is -0.367. The summed E-state index contributed by atoms with van der Waals surface area (Å²) in [7, 11) is 0. The molecule has 0 unspecified atom stereocenters. The molecule has 0 saturated carbocycles. The number of hydrogen-bond acceptors (Lipinski definition) is 4. The molecule has 1 aromatic carbocycles. The summed E-state index contributed by atoms with van der Waals surface area (Å²) in [6.45, 7) is 0. The number of aldehydes is 1. The molecule has 0 fully saturated rings. The number of rotatable bonds is 1. The minimum absolute atomic E-state index is 0.0614. The van der Waals surface area contributed by atoms with Crippen LogP contribution in [-0.2, 0) is 4.79 Å². The highest BCUT2D eigenvalue weighted by atomic mass is 16.6. The predicted octanol–water partition coefficient (Wildman–Crippen LogP) is 0.851. The standard InChI is InChI=1S/C9H5NO4/c11-6-2-4-7-3-1-5-8(9(7)12)10(13)14/h1,3,5-6,12H. The Bertz CT molecular complexity index is 442. The molecule has 5 nitrogen and oxygen atoms in total. The molecule has 0 amide bonds. The van der Waals surface area contributed by atoms with Crippen LogP contribution in [0.4, 0.5) is 5.69 Å². The molecular formula is C9H5NO4. The summed E-state index contributed by atoms with van der Waals surface area (Å²) < 4.78 is 0. The highest BCUT2D eigenvalue weighted by molar-refractivity contribution is 5.75. The maximum Gasteiger partial charge on any atom is 0.312 e. The van der Waals surface area contributed by atoms with E-state index in [1.165, 1.54) is 12.1 Å². The molecule has 1 N–H and O–H groups in total. The molecule has 0 atom stereocenters. The summed E-state index contributed by atoms with van der Waals surface area (Å²) in [6.07, 6.45) is 0.346. The van der Waals surface area contributed by atoms with Gasteiger partial charge in [-0.2, -0.15) is 0 Å². The van der Waals surface area contributed by atoms with E-state index in [2.05, 4.69) is 11.8 Å². The lowest BCUT2D eigenvalue weighted by Gasteiger charge is -1.96. The van der Waals surface area contributed by atoms with Gasteiger partial charge in [0.1, 0.15) is 0 Å². The van der Waals surface area contributed by atoms with Gasteiger partial charge < -0.3 is 5.11 Å². The van der Waals surface area contributed by atoms with E-state index in [1.807, 2.05) is 0 Å². The number of nitro groups is 1. The number of carbonyl (C=O) groups excluding carboxylic acids is 1. The van der Waals surface area contributed by atoms with Crippen molar-refractivity contribution >= 4 is 12.0 Å². The molecule has 0 spiro atoms. The Morgan fingerprint density at radius 1 is 1.50 bits per heavy atom. The second-order valence-corrected chi connectivity index (χ2v) is 2.32. The van der Waals surface area contributed by atoms with Gasteiger partial charge in [0.25, 0.3) is 0 Å². The molecule has 0 radical (unpaired) electrons. The first kappa shape index (κ1) is 9.74. The van der Waals surface area contributed by atoms with E-state index in [-0.39, 0.29) is 5.56 Å². The second kappa shape index (κ2) is 4.05. The summed E-state index contributed by atoms with van der Waals surface area (Å²) in [5.74, 6) is 3.82. The molecule has 1 rings (SSSR count). The normalized spacial score (nSPS) is 8.57. The summed E-state index contributed by atoms with van der Waals surface area (Å²) in [6, 6.07) is 3.92. The quantitative estimate of drug-likeness (QED) is 0.309. The molecule has 0 saturated heterocycles. The highest BCUT2D eigenvalue weighted by Crippen LogP contribution is 2.28. The lowest BCUT2D eigenvalue weighted by atomic mass is 10.2. The van der Waals surface area contributed by atoms with Crippen LogP contribution in [-0.4, -0.2) is 16.3 Å². The van der Waals surface area contributed by atoms with Crippen molar-refractivity contribution in [2.24, 2.45) is 0 Å². The Labute approximate surface area is 79.1 Å². The number of benzene rings is 1. The van der Waals surface area contributed by atoms with E-state index in [4.69, 9.17) is 0 Å². The lowest BCUT2D eigenvalue weighted by molar-refractivity contribution is -0.385. The molecule has 0 aliphatic carbocycles. The average Bonchev–Trinajstić information content (AvgIpc) is 2.16.